The first kappa shape index (κ1) is 17.0. The molecule has 3 fully saturated rings. The molecule has 138 valence electrons. The third kappa shape index (κ3) is 3.88. The molecule has 1 saturated carbocycles. The van der Waals surface area contributed by atoms with E-state index in [0.29, 0.717) is 6.04 Å². The zero-order chi connectivity index (χ0) is 17.1. The minimum absolute atomic E-state index is 0.152. The van der Waals surface area contributed by atoms with E-state index in [2.05, 4.69) is 19.7 Å². The molecule has 1 N–H and O–H groups in total. The molecule has 7 heteroatoms. The number of ether oxygens (including phenoxy) is 1. The van der Waals surface area contributed by atoms with Crippen LogP contribution in [0.25, 0.3) is 0 Å². The van der Waals surface area contributed by atoms with Crippen molar-refractivity contribution in [2.75, 3.05) is 62.3 Å². The van der Waals surface area contributed by atoms with Crippen molar-refractivity contribution in [2.45, 2.75) is 37.8 Å². The van der Waals surface area contributed by atoms with Gasteiger partial charge in [0.2, 0.25) is 5.95 Å². The number of nitrogens with zero attached hydrogens (tertiary/aromatic N) is 5. The van der Waals surface area contributed by atoms with Gasteiger partial charge in [-0.05, 0) is 18.9 Å². The smallest absolute Gasteiger partial charge is 0.227 e. The van der Waals surface area contributed by atoms with Gasteiger partial charge < -0.3 is 19.6 Å². The molecule has 2 aliphatic heterocycles. The minimum atomic E-state index is -0.152. The van der Waals surface area contributed by atoms with Gasteiger partial charge in [0.15, 0.2) is 0 Å². The van der Waals surface area contributed by atoms with E-state index < -0.39 is 0 Å². The minimum Gasteiger partial charge on any atom is -0.391 e. The highest BCUT2D eigenvalue weighted by Crippen LogP contribution is 2.25. The summed E-state index contributed by atoms with van der Waals surface area (Å²) in [4.78, 5) is 16.3. The quantitative estimate of drug-likeness (QED) is 0.865. The van der Waals surface area contributed by atoms with Gasteiger partial charge in [0, 0.05) is 51.5 Å². The van der Waals surface area contributed by atoms with Crippen molar-refractivity contribution in [3.8, 4) is 0 Å². The Kier molecular flexibility index (Phi) is 5.33. The van der Waals surface area contributed by atoms with E-state index in [9.17, 15) is 5.11 Å². The number of aliphatic hydroxyl groups excluding tert-OH is 1. The van der Waals surface area contributed by atoms with Crippen molar-refractivity contribution < 1.29 is 9.84 Å². The highest BCUT2D eigenvalue weighted by molar-refractivity contribution is 5.44. The second kappa shape index (κ2) is 7.85. The summed E-state index contributed by atoms with van der Waals surface area (Å²) in [5, 5.41) is 10.3. The second-order valence-corrected chi connectivity index (χ2v) is 7.26. The molecule has 25 heavy (non-hydrogen) atoms. The van der Waals surface area contributed by atoms with Crippen molar-refractivity contribution in [1.29, 1.82) is 0 Å². The first-order chi connectivity index (χ1) is 12.3. The van der Waals surface area contributed by atoms with Gasteiger partial charge in [-0.15, -0.1) is 0 Å². The van der Waals surface area contributed by atoms with Crippen LogP contribution in [0.3, 0.4) is 0 Å². The molecule has 3 aliphatic rings. The van der Waals surface area contributed by atoms with Gasteiger partial charge in [0.25, 0.3) is 0 Å². The topological polar surface area (TPSA) is 65.0 Å². The van der Waals surface area contributed by atoms with Crippen LogP contribution >= 0.6 is 0 Å². The molecule has 0 amide bonds. The molecule has 1 aliphatic carbocycles. The van der Waals surface area contributed by atoms with Gasteiger partial charge in [0.05, 0.1) is 19.3 Å². The maximum atomic E-state index is 10.3. The molecule has 3 heterocycles. The highest BCUT2D eigenvalue weighted by atomic mass is 16.5. The normalized spacial score (nSPS) is 29.0. The Morgan fingerprint density at radius 2 is 1.72 bits per heavy atom. The number of aliphatic hydroxyl groups is 1. The van der Waals surface area contributed by atoms with Crippen LogP contribution in [0.2, 0.25) is 0 Å². The van der Waals surface area contributed by atoms with Gasteiger partial charge in [-0.2, -0.15) is 4.98 Å². The van der Waals surface area contributed by atoms with Crippen LogP contribution in [-0.2, 0) is 4.74 Å². The molecule has 2 saturated heterocycles. The monoisotopic (exact) mass is 347 g/mol. The first-order valence-electron chi connectivity index (χ1n) is 9.64. The molecule has 1 aromatic rings. The number of hydrogen-bond donors (Lipinski definition) is 1. The maximum absolute atomic E-state index is 10.3. The SMILES string of the molecule is OC1CCCCC1N1CCN(c2nccc(N3CCOCC3)n2)CC1. The molecule has 0 spiro atoms. The fraction of sp³-hybridized carbons (Fsp3) is 0.778. The largest absolute Gasteiger partial charge is 0.391 e. The fourth-order valence-electron chi connectivity index (χ4n) is 4.23. The lowest BCUT2D eigenvalue weighted by molar-refractivity contribution is 0.0172. The molecule has 1 aromatic heterocycles. The van der Waals surface area contributed by atoms with Gasteiger partial charge in [-0.25, -0.2) is 4.98 Å². The van der Waals surface area contributed by atoms with Crippen LogP contribution in [0.1, 0.15) is 25.7 Å². The summed E-state index contributed by atoms with van der Waals surface area (Å²) in [5.41, 5.74) is 0. The lowest BCUT2D eigenvalue weighted by Gasteiger charge is -2.42. The predicted molar refractivity (Wildman–Crippen MR) is 97.1 cm³/mol. The fourth-order valence-corrected chi connectivity index (χ4v) is 4.23. The van der Waals surface area contributed by atoms with E-state index in [1.165, 1.54) is 12.8 Å². The third-order valence-electron chi connectivity index (χ3n) is 5.72. The second-order valence-electron chi connectivity index (χ2n) is 7.26. The summed E-state index contributed by atoms with van der Waals surface area (Å²) in [6.45, 7) is 7.13. The lowest BCUT2D eigenvalue weighted by atomic mass is 9.91. The van der Waals surface area contributed by atoms with Crippen molar-refractivity contribution in [2.24, 2.45) is 0 Å². The Labute approximate surface area is 149 Å². The molecule has 7 nitrogen and oxygen atoms in total. The molecule has 0 aromatic carbocycles. The summed E-state index contributed by atoms with van der Waals surface area (Å²) in [7, 11) is 0. The Bertz CT molecular complexity index is 558. The number of morpholine rings is 1. The van der Waals surface area contributed by atoms with Crippen molar-refractivity contribution in [3.63, 3.8) is 0 Å². The standard InChI is InChI=1S/C18H29N5O2/c24-16-4-2-1-3-15(16)21-7-9-23(10-8-21)18-19-6-5-17(20-18)22-11-13-25-14-12-22/h5-6,15-16,24H,1-4,7-14H2. The van der Waals surface area contributed by atoms with E-state index in [4.69, 9.17) is 9.72 Å². The third-order valence-corrected chi connectivity index (χ3v) is 5.72. The number of aromatic nitrogens is 2. The van der Waals surface area contributed by atoms with Crippen LogP contribution in [0.15, 0.2) is 12.3 Å². The van der Waals surface area contributed by atoms with E-state index in [1.807, 2.05) is 12.3 Å². The molecule has 2 atom stereocenters. The Morgan fingerprint density at radius 1 is 0.960 bits per heavy atom. The zero-order valence-corrected chi connectivity index (χ0v) is 14.9. The number of anilines is 2. The van der Waals surface area contributed by atoms with Crippen molar-refractivity contribution >= 4 is 11.8 Å². The van der Waals surface area contributed by atoms with Crippen LogP contribution in [0.4, 0.5) is 11.8 Å². The molecule has 0 bridgehead atoms. The molecule has 4 rings (SSSR count). The number of piperazine rings is 1. The van der Waals surface area contributed by atoms with Gasteiger partial charge in [-0.1, -0.05) is 12.8 Å². The number of rotatable bonds is 3. The molecule has 2 unspecified atom stereocenters. The van der Waals surface area contributed by atoms with Crippen LogP contribution in [0, 0.1) is 0 Å². The number of hydrogen-bond acceptors (Lipinski definition) is 7. The highest BCUT2D eigenvalue weighted by Gasteiger charge is 2.31. The summed E-state index contributed by atoms with van der Waals surface area (Å²) in [5.74, 6) is 1.83. The van der Waals surface area contributed by atoms with E-state index >= 15 is 0 Å². The summed E-state index contributed by atoms with van der Waals surface area (Å²) >= 11 is 0. The Hall–Kier alpha value is -1.44. The summed E-state index contributed by atoms with van der Waals surface area (Å²) in [6, 6.07) is 2.33. The molecular formula is C18H29N5O2. The van der Waals surface area contributed by atoms with Crippen LogP contribution in [-0.4, -0.2) is 84.6 Å². The summed E-state index contributed by atoms with van der Waals surface area (Å²) < 4.78 is 5.42. The predicted octanol–water partition coefficient (Wildman–Crippen LogP) is 0.739. The zero-order valence-electron chi connectivity index (χ0n) is 14.9. The maximum Gasteiger partial charge on any atom is 0.227 e. The van der Waals surface area contributed by atoms with E-state index in [-0.39, 0.29) is 6.10 Å². The molecule has 0 radical (unpaired) electrons. The summed E-state index contributed by atoms with van der Waals surface area (Å²) in [6.07, 6.45) is 6.21. The van der Waals surface area contributed by atoms with E-state index in [1.54, 1.807) is 0 Å². The average Bonchev–Trinajstić information content (AvgIpc) is 2.69. The lowest BCUT2D eigenvalue weighted by Crippen LogP contribution is -2.54. The average molecular weight is 347 g/mol. The Morgan fingerprint density at radius 3 is 2.48 bits per heavy atom. The van der Waals surface area contributed by atoms with Crippen LogP contribution in [0.5, 0.6) is 0 Å². The first-order valence-corrected chi connectivity index (χ1v) is 9.64. The molecular weight excluding hydrogens is 318 g/mol. The van der Waals surface area contributed by atoms with Crippen molar-refractivity contribution in [1.82, 2.24) is 14.9 Å². The van der Waals surface area contributed by atoms with E-state index in [0.717, 1.165) is 77.1 Å². The van der Waals surface area contributed by atoms with Gasteiger partial charge in [0.1, 0.15) is 5.82 Å². The van der Waals surface area contributed by atoms with Gasteiger partial charge >= 0.3 is 0 Å². The van der Waals surface area contributed by atoms with Gasteiger partial charge in [-0.3, -0.25) is 4.90 Å². The Balaban J connectivity index is 1.37. The van der Waals surface area contributed by atoms with Crippen molar-refractivity contribution in [3.05, 3.63) is 12.3 Å². The van der Waals surface area contributed by atoms with Crippen LogP contribution < -0.4 is 9.80 Å².